The molecule has 0 heterocycles. The molecule has 228 valence electrons. The number of benzene rings is 6. The molecule has 4 nitrogen and oxygen atoms in total. The van der Waals surface area contributed by atoms with Gasteiger partial charge >= 0.3 is 0 Å². The molecule has 0 atom stereocenters. The number of anilines is 2. The lowest BCUT2D eigenvalue weighted by Crippen LogP contribution is -2.28. The molecule has 0 saturated heterocycles. The molecule has 6 aromatic rings. The lowest BCUT2D eigenvalue weighted by molar-refractivity contribution is 0.472. The summed E-state index contributed by atoms with van der Waals surface area (Å²) in [6.45, 7) is 8.37. The van der Waals surface area contributed by atoms with Crippen molar-refractivity contribution in [3.05, 3.63) is 166 Å². The predicted octanol–water partition coefficient (Wildman–Crippen LogP) is 10.3. The third kappa shape index (κ3) is 4.78. The SMILES string of the molecule is CCc1cc(N)ccc1Oc1ccc(C2(c3ccc(Oc4ccc(N)cc4C)c(C)c3)c3ccccc3-c3ccccc32)cc1C. The number of nitrogens with two attached hydrogens (primary N) is 2. The van der Waals surface area contributed by atoms with Crippen LogP contribution in [0.2, 0.25) is 0 Å². The van der Waals surface area contributed by atoms with Crippen molar-refractivity contribution in [2.24, 2.45) is 0 Å². The zero-order chi connectivity index (χ0) is 32.0. The number of hydrogen-bond donors (Lipinski definition) is 2. The second kappa shape index (κ2) is 11.5. The molecule has 0 unspecified atom stereocenters. The maximum absolute atomic E-state index is 6.51. The first-order valence-corrected chi connectivity index (χ1v) is 15.8. The van der Waals surface area contributed by atoms with Crippen LogP contribution in [0, 0.1) is 20.8 Å². The average molecular weight is 603 g/mol. The quantitative estimate of drug-likeness (QED) is 0.178. The van der Waals surface area contributed by atoms with Gasteiger partial charge in [-0.05, 0) is 131 Å². The highest BCUT2D eigenvalue weighted by molar-refractivity contribution is 5.86. The van der Waals surface area contributed by atoms with Crippen LogP contribution in [0.5, 0.6) is 23.0 Å². The van der Waals surface area contributed by atoms with Crippen molar-refractivity contribution in [1.29, 1.82) is 0 Å². The molecule has 4 heteroatoms. The van der Waals surface area contributed by atoms with E-state index in [4.69, 9.17) is 20.9 Å². The summed E-state index contributed by atoms with van der Waals surface area (Å²) in [5.74, 6) is 3.29. The smallest absolute Gasteiger partial charge is 0.130 e. The van der Waals surface area contributed by atoms with Crippen LogP contribution >= 0.6 is 0 Å². The van der Waals surface area contributed by atoms with Gasteiger partial charge in [0.25, 0.3) is 0 Å². The second-order valence-electron chi connectivity index (χ2n) is 12.3. The van der Waals surface area contributed by atoms with Crippen molar-refractivity contribution in [1.82, 2.24) is 0 Å². The Hall–Kier alpha value is -5.48. The van der Waals surface area contributed by atoms with E-state index in [9.17, 15) is 0 Å². The summed E-state index contributed by atoms with van der Waals surface area (Å²) in [5, 5.41) is 0. The van der Waals surface area contributed by atoms with Gasteiger partial charge in [0.15, 0.2) is 0 Å². The molecule has 4 N–H and O–H groups in total. The normalized spacial score (nSPS) is 12.8. The van der Waals surface area contributed by atoms with Gasteiger partial charge in [-0.3, -0.25) is 0 Å². The highest BCUT2D eigenvalue weighted by Crippen LogP contribution is 2.56. The van der Waals surface area contributed by atoms with E-state index in [0.29, 0.717) is 0 Å². The molecule has 0 amide bonds. The van der Waals surface area contributed by atoms with Gasteiger partial charge in [0, 0.05) is 11.4 Å². The molecule has 46 heavy (non-hydrogen) atoms. The van der Waals surface area contributed by atoms with Crippen LogP contribution in [-0.4, -0.2) is 0 Å². The highest BCUT2D eigenvalue weighted by Gasteiger charge is 2.46. The third-order valence-corrected chi connectivity index (χ3v) is 9.27. The third-order valence-electron chi connectivity index (χ3n) is 9.27. The zero-order valence-corrected chi connectivity index (χ0v) is 26.7. The fourth-order valence-electron chi connectivity index (χ4n) is 7.02. The van der Waals surface area contributed by atoms with Crippen LogP contribution in [0.4, 0.5) is 11.4 Å². The van der Waals surface area contributed by atoms with E-state index in [1.807, 2.05) is 43.3 Å². The Labute approximate surface area is 271 Å². The Balaban J connectivity index is 1.38. The first-order chi connectivity index (χ1) is 22.3. The molecule has 0 fully saturated rings. The molecule has 0 saturated carbocycles. The molecule has 0 radical (unpaired) electrons. The minimum atomic E-state index is -0.535. The van der Waals surface area contributed by atoms with E-state index in [1.165, 1.54) is 33.4 Å². The van der Waals surface area contributed by atoms with Gasteiger partial charge in [0.1, 0.15) is 23.0 Å². The minimum Gasteiger partial charge on any atom is -0.457 e. The Morgan fingerprint density at radius 1 is 0.500 bits per heavy atom. The van der Waals surface area contributed by atoms with Crippen LogP contribution in [-0.2, 0) is 11.8 Å². The summed E-state index contributed by atoms with van der Waals surface area (Å²) in [4.78, 5) is 0. The van der Waals surface area contributed by atoms with Crippen LogP contribution in [0.3, 0.4) is 0 Å². The predicted molar refractivity (Wildman–Crippen MR) is 189 cm³/mol. The molecule has 6 aromatic carbocycles. The first-order valence-electron chi connectivity index (χ1n) is 15.8. The Bertz CT molecular complexity index is 2070. The van der Waals surface area contributed by atoms with Gasteiger partial charge in [0.05, 0.1) is 5.41 Å². The van der Waals surface area contributed by atoms with Gasteiger partial charge < -0.3 is 20.9 Å². The Kier molecular flexibility index (Phi) is 7.29. The number of hydrogen-bond acceptors (Lipinski definition) is 4. The van der Waals surface area contributed by atoms with Crippen LogP contribution in [0.15, 0.2) is 121 Å². The standard InChI is InChI=1S/C42H38N2O2/c1-5-29-25-33(44)17-21-41(29)46-39-19-15-31(23-27(39)3)42(36-12-8-6-10-34(36)35-11-7-9-13-37(35)42)30-14-18-38(26(2)22-30)45-40-20-16-32(43)24-28(40)4/h6-25H,5,43-44H2,1-4H3. The maximum Gasteiger partial charge on any atom is 0.130 e. The maximum atomic E-state index is 6.51. The van der Waals surface area contributed by atoms with E-state index >= 15 is 0 Å². The van der Waals surface area contributed by atoms with E-state index in [-0.39, 0.29) is 0 Å². The van der Waals surface area contributed by atoms with E-state index in [0.717, 1.165) is 63.0 Å². The van der Waals surface area contributed by atoms with Crippen molar-refractivity contribution in [3.8, 4) is 34.1 Å². The minimum absolute atomic E-state index is 0.535. The fraction of sp³-hybridized carbons (Fsp3) is 0.143. The lowest BCUT2D eigenvalue weighted by Gasteiger charge is -2.34. The van der Waals surface area contributed by atoms with Crippen molar-refractivity contribution in [2.45, 2.75) is 39.5 Å². The van der Waals surface area contributed by atoms with Crippen molar-refractivity contribution < 1.29 is 9.47 Å². The molecule has 0 aliphatic heterocycles. The molecule has 0 aromatic heterocycles. The van der Waals surface area contributed by atoms with Gasteiger partial charge in [-0.15, -0.1) is 0 Å². The number of rotatable bonds is 7. The summed E-state index contributed by atoms with van der Waals surface area (Å²) in [6, 6.07) is 42.4. The average Bonchev–Trinajstić information content (AvgIpc) is 3.36. The monoisotopic (exact) mass is 602 g/mol. The van der Waals surface area contributed by atoms with Gasteiger partial charge in [-0.25, -0.2) is 0 Å². The first kappa shape index (κ1) is 29.2. The molecular formula is C42H38N2O2. The molecular weight excluding hydrogens is 564 g/mol. The molecule has 0 bridgehead atoms. The van der Waals surface area contributed by atoms with Gasteiger partial charge in [-0.2, -0.15) is 0 Å². The molecule has 1 aliphatic carbocycles. The van der Waals surface area contributed by atoms with Gasteiger partial charge in [-0.1, -0.05) is 79.7 Å². The van der Waals surface area contributed by atoms with Gasteiger partial charge in [0.2, 0.25) is 0 Å². The van der Waals surface area contributed by atoms with E-state index < -0.39 is 5.41 Å². The van der Waals surface area contributed by atoms with Crippen molar-refractivity contribution in [2.75, 3.05) is 11.5 Å². The summed E-state index contributed by atoms with van der Waals surface area (Å²) in [7, 11) is 0. The Morgan fingerprint density at radius 2 is 0.935 bits per heavy atom. The molecule has 0 spiro atoms. The van der Waals surface area contributed by atoms with Crippen LogP contribution in [0.1, 0.15) is 51.4 Å². The summed E-state index contributed by atoms with van der Waals surface area (Å²) >= 11 is 0. The van der Waals surface area contributed by atoms with Crippen LogP contribution in [0.25, 0.3) is 11.1 Å². The number of ether oxygens (including phenoxy) is 2. The molecule has 1 aliphatic rings. The number of fused-ring (bicyclic) bond motifs is 3. The van der Waals surface area contributed by atoms with Crippen molar-refractivity contribution >= 4 is 11.4 Å². The summed E-state index contributed by atoms with van der Waals surface area (Å²) in [6.07, 6.45) is 0.838. The number of aryl methyl sites for hydroxylation is 4. The second-order valence-corrected chi connectivity index (χ2v) is 12.3. The van der Waals surface area contributed by atoms with Crippen LogP contribution < -0.4 is 20.9 Å². The zero-order valence-electron chi connectivity index (χ0n) is 26.7. The topological polar surface area (TPSA) is 70.5 Å². The highest BCUT2D eigenvalue weighted by atomic mass is 16.5. The number of nitrogen functional groups attached to an aromatic ring is 2. The Morgan fingerprint density at radius 3 is 1.43 bits per heavy atom. The largest absolute Gasteiger partial charge is 0.457 e. The summed E-state index contributed by atoms with van der Waals surface area (Å²) < 4.78 is 12.9. The van der Waals surface area contributed by atoms with Crippen molar-refractivity contribution in [3.63, 3.8) is 0 Å². The molecule has 7 rings (SSSR count). The summed E-state index contributed by atoms with van der Waals surface area (Å²) in [5.41, 5.74) is 24.6. The fourth-order valence-corrected chi connectivity index (χ4v) is 7.02. The van der Waals surface area contributed by atoms with E-state index in [2.05, 4.69) is 106 Å². The van der Waals surface area contributed by atoms with E-state index in [1.54, 1.807) is 0 Å². The lowest BCUT2D eigenvalue weighted by atomic mass is 9.67.